The molecule has 8 nitrogen and oxygen atoms in total. The lowest BCUT2D eigenvalue weighted by molar-refractivity contribution is -0.139. The lowest BCUT2D eigenvalue weighted by atomic mass is 9.82. The van der Waals surface area contributed by atoms with Crippen LogP contribution < -0.4 is 14.7 Å². The zero-order chi connectivity index (χ0) is 30.4. The first-order valence-corrected chi connectivity index (χ1v) is 14.1. The Morgan fingerprint density at radius 3 is 1.95 bits per heavy atom. The van der Waals surface area contributed by atoms with Crippen molar-refractivity contribution in [3.63, 3.8) is 0 Å². The zero-order valence-electron chi connectivity index (χ0n) is 23.8. The predicted molar refractivity (Wildman–Crippen MR) is 167 cm³/mol. The minimum atomic E-state index is -1.92. The highest BCUT2D eigenvalue weighted by atomic mass is 16.3. The third kappa shape index (κ3) is 5.70. The van der Waals surface area contributed by atoms with E-state index in [1.807, 2.05) is 72.8 Å². The molecule has 0 unspecified atom stereocenters. The van der Waals surface area contributed by atoms with Gasteiger partial charge in [-0.15, -0.1) is 0 Å². The van der Waals surface area contributed by atoms with Gasteiger partial charge >= 0.3 is 0 Å². The molecule has 3 amide bonds. The van der Waals surface area contributed by atoms with Crippen LogP contribution >= 0.6 is 0 Å². The maximum Gasteiger partial charge on any atom is 0.264 e. The van der Waals surface area contributed by atoms with E-state index < -0.39 is 17.4 Å². The van der Waals surface area contributed by atoms with Crippen LogP contribution in [0.3, 0.4) is 0 Å². The van der Waals surface area contributed by atoms with E-state index in [1.165, 1.54) is 14.7 Å². The van der Waals surface area contributed by atoms with Crippen molar-refractivity contribution in [3.05, 3.63) is 126 Å². The molecule has 218 valence electrons. The lowest BCUT2D eigenvalue weighted by Gasteiger charge is -2.28. The molecule has 2 N–H and O–H groups in total. The van der Waals surface area contributed by atoms with Crippen LogP contribution in [-0.2, 0) is 26.5 Å². The number of rotatable bonds is 12. The lowest BCUT2D eigenvalue weighted by Crippen LogP contribution is -2.44. The van der Waals surface area contributed by atoms with Gasteiger partial charge in [0.1, 0.15) is 0 Å². The van der Waals surface area contributed by atoms with Crippen molar-refractivity contribution < 1.29 is 24.6 Å². The van der Waals surface area contributed by atoms with Crippen LogP contribution in [0.5, 0.6) is 0 Å². The zero-order valence-corrected chi connectivity index (χ0v) is 23.8. The van der Waals surface area contributed by atoms with Gasteiger partial charge in [-0.25, -0.2) is 0 Å². The fourth-order valence-electron chi connectivity index (χ4n) is 5.46. The molecule has 0 aliphatic carbocycles. The van der Waals surface area contributed by atoms with Gasteiger partial charge in [-0.2, -0.15) is 0 Å². The number of para-hydroxylation sites is 2. The second kappa shape index (κ2) is 12.9. The molecule has 4 aromatic rings. The van der Waals surface area contributed by atoms with Crippen LogP contribution in [-0.4, -0.2) is 35.5 Å². The number of nitrogens with zero attached hydrogens (tertiary/aromatic N) is 3. The quantitative estimate of drug-likeness (QED) is 0.170. The smallest absolute Gasteiger partial charge is 0.264 e. The summed E-state index contributed by atoms with van der Waals surface area (Å²) in [4.78, 5) is 42.9. The number of fused-ring (bicyclic) bond motifs is 1. The molecule has 0 saturated carbocycles. The Hall–Kier alpha value is -5.05. The van der Waals surface area contributed by atoms with E-state index in [2.05, 4.69) is 0 Å². The number of carbonyl (C=O) groups excluding carboxylic acids is 3. The molecule has 5 rings (SSSR count). The van der Waals surface area contributed by atoms with Crippen molar-refractivity contribution in [2.24, 2.45) is 5.92 Å². The summed E-state index contributed by atoms with van der Waals surface area (Å²) in [5.74, 6) is -1.14. The van der Waals surface area contributed by atoms with Gasteiger partial charge < -0.3 is 15.1 Å². The third-order valence-electron chi connectivity index (χ3n) is 7.72. The molecule has 1 heterocycles. The summed E-state index contributed by atoms with van der Waals surface area (Å²) < 4.78 is 0. The van der Waals surface area contributed by atoms with Crippen molar-refractivity contribution in [2.75, 3.05) is 21.3 Å². The summed E-state index contributed by atoms with van der Waals surface area (Å²) in [7, 11) is 0. The van der Waals surface area contributed by atoms with E-state index in [1.54, 1.807) is 49.4 Å². The second-order valence-electron chi connectivity index (χ2n) is 10.4. The van der Waals surface area contributed by atoms with Gasteiger partial charge in [0.2, 0.25) is 12.8 Å². The van der Waals surface area contributed by atoms with Gasteiger partial charge in [-0.05, 0) is 66.6 Å². The standard InChI is InChI=1S/C35H33N3O5/c1-26(11-8-9-20-39)35(43)32-22-31(38(25-41)29-15-6-3-7-16-29)18-19-33(32)36(34(35)42)23-27-12-10-17-30(21-27)37(24-40)28-13-4-2-5-14-28/h2-8,10-19,21-22,24-26,39,43H,9,20,23H2,1H3/b11-8+/t26-,35+/m1/s1. The molecule has 0 radical (unpaired) electrons. The summed E-state index contributed by atoms with van der Waals surface area (Å²) >= 11 is 0. The number of hydrogen-bond donors (Lipinski definition) is 2. The molecule has 1 aliphatic heterocycles. The molecule has 0 saturated heterocycles. The molecule has 0 bridgehead atoms. The van der Waals surface area contributed by atoms with Crippen LogP contribution in [0.1, 0.15) is 24.5 Å². The van der Waals surface area contributed by atoms with Gasteiger partial charge in [0.05, 0.1) is 12.2 Å². The maximum absolute atomic E-state index is 14.1. The molecule has 2 atom stereocenters. The fourth-order valence-corrected chi connectivity index (χ4v) is 5.46. The van der Waals surface area contributed by atoms with Crippen LogP contribution in [0, 0.1) is 5.92 Å². The first-order chi connectivity index (χ1) is 20.9. The Kier molecular flexibility index (Phi) is 8.80. The molecule has 8 heteroatoms. The third-order valence-corrected chi connectivity index (χ3v) is 7.72. The Labute approximate surface area is 250 Å². The van der Waals surface area contributed by atoms with Crippen molar-refractivity contribution in [3.8, 4) is 0 Å². The first kappa shape index (κ1) is 29.4. The van der Waals surface area contributed by atoms with Crippen LogP contribution in [0.2, 0.25) is 0 Å². The van der Waals surface area contributed by atoms with Gasteiger partial charge in [-0.3, -0.25) is 24.2 Å². The van der Waals surface area contributed by atoms with E-state index in [0.29, 0.717) is 46.8 Å². The molecule has 0 aromatic heterocycles. The van der Waals surface area contributed by atoms with Crippen LogP contribution in [0.4, 0.5) is 28.4 Å². The van der Waals surface area contributed by atoms with E-state index in [9.17, 15) is 24.6 Å². The number of anilines is 5. The molecular weight excluding hydrogens is 542 g/mol. The normalized spacial score (nSPS) is 16.6. The average Bonchev–Trinajstić information content (AvgIpc) is 3.25. The van der Waals surface area contributed by atoms with Crippen LogP contribution in [0.15, 0.2) is 115 Å². The highest BCUT2D eigenvalue weighted by Gasteiger charge is 2.52. The summed E-state index contributed by atoms with van der Waals surface area (Å²) in [5, 5.41) is 21.4. The number of hydrogen-bond acceptors (Lipinski definition) is 5. The summed E-state index contributed by atoms with van der Waals surface area (Å²) in [6.07, 6.45) is 5.30. The molecule has 0 fully saturated rings. The Morgan fingerprint density at radius 1 is 0.791 bits per heavy atom. The Bertz CT molecular complexity index is 1630. The molecule has 1 aliphatic rings. The number of aliphatic hydroxyl groups excluding tert-OH is 1. The Balaban J connectivity index is 1.55. The van der Waals surface area contributed by atoms with Crippen molar-refractivity contribution in [2.45, 2.75) is 25.5 Å². The predicted octanol–water partition coefficient (Wildman–Crippen LogP) is 5.58. The van der Waals surface area contributed by atoms with Crippen molar-refractivity contribution in [1.82, 2.24) is 0 Å². The van der Waals surface area contributed by atoms with E-state index >= 15 is 0 Å². The van der Waals surface area contributed by atoms with Gasteiger partial charge in [0.15, 0.2) is 5.60 Å². The second-order valence-corrected chi connectivity index (χ2v) is 10.4. The molecular formula is C35H33N3O5. The number of benzene rings is 4. The molecule has 0 spiro atoms. The monoisotopic (exact) mass is 575 g/mol. The SMILES string of the molecule is C[C@H](/C=C/CCO)[C@@]1(O)C(=O)N(Cc2cccc(N(C=O)c3ccccc3)c2)c2ccc(N(C=O)c3ccccc3)cc21. The summed E-state index contributed by atoms with van der Waals surface area (Å²) in [6, 6.07) is 30.9. The van der Waals surface area contributed by atoms with Gasteiger partial charge in [0.25, 0.3) is 5.91 Å². The van der Waals surface area contributed by atoms with E-state index in [-0.39, 0.29) is 13.2 Å². The van der Waals surface area contributed by atoms with Gasteiger partial charge in [0, 0.05) is 40.8 Å². The minimum Gasteiger partial charge on any atom is -0.396 e. The minimum absolute atomic E-state index is 0.0506. The highest BCUT2D eigenvalue weighted by molar-refractivity contribution is 6.08. The maximum atomic E-state index is 14.1. The van der Waals surface area contributed by atoms with Crippen molar-refractivity contribution >= 4 is 47.2 Å². The average molecular weight is 576 g/mol. The summed E-state index contributed by atoms with van der Waals surface area (Å²) in [6.45, 7) is 1.85. The van der Waals surface area contributed by atoms with Crippen molar-refractivity contribution in [1.29, 1.82) is 0 Å². The first-order valence-electron chi connectivity index (χ1n) is 14.1. The van der Waals surface area contributed by atoms with E-state index in [0.717, 1.165) is 12.0 Å². The van der Waals surface area contributed by atoms with Crippen LogP contribution in [0.25, 0.3) is 0 Å². The highest BCUT2D eigenvalue weighted by Crippen LogP contribution is 2.47. The van der Waals surface area contributed by atoms with E-state index in [4.69, 9.17) is 0 Å². The fraction of sp³-hybridized carbons (Fsp3) is 0.171. The number of carbonyl (C=O) groups is 3. The summed E-state index contributed by atoms with van der Waals surface area (Å²) in [5.41, 5.74) is 2.25. The number of amides is 3. The van der Waals surface area contributed by atoms with Gasteiger partial charge in [-0.1, -0.05) is 67.6 Å². The molecule has 4 aromatic carbocycles. The topological polar surface area (TPSA) is 101 Å². The Morgan fingerprint density at radius 2 is 1.37 bits per heavy atom. The largest absolute Gasteiger partial charge is 0.396 e. The molecule has 43 heavy (non-hydrogen) atoms. The number of aliphatic hydroxyl groups is 2.